The monoisotopic (exact) mass is 257 g/mol. The number of nitrogens with one attached hydrogen (secondary N) is 1. The Kier molecular flexibility index (Phi) is 4.05. The summed E-state index contributed by atoms with van der Waals surface area (Å²) in [4.78, 5) is 0.134. The third-order valence-electron chi connectivity index (χ3n) is 2.58. The Morgan fingerprint density at radius 2 is 1.88 bits per heavy atom. The fraction of sp³-hybridized carbons (Fsp3) is 0.538. The summed E-state index contributed by atoms with van der Waals surface area (Å²) in [5.74, 6) is -0.896. The van der Waals surface area contributed by atoms with Gasteiger partial charge in [-0.05, 0) is 30.5 Å². The zero-order valence-corrected chi connectivity index (χ0v) is 10.9. The van der Waals surface area contributed by atoms with Crippen molar-refractivity contribution < 1.29 is 8.78 Å². The summed E-state index contributed by atoms with van der Waals surface area (Å²) in [6.07, 6.45) is 2.35. The maximum Gasteiger partial charge on any atom is 0.140 e. The van der Waals surface area contributed by atoms with Crippen LogP contribution in [-0.4, -0.2) is 11.3 Å². The van der Waals surface area contributed by atoms with Gasteiger partial charge < -0.3 is 5.32 Å². The molecule has 1 nitrogen and oxygen atoms in total. The molecule has 94 valence electrons. The Hall–Kier alpha value is -0.610. The number of rotatable bonds is 5. The Balaban J connectivity index is 2.09. The molecule has 17 heavy (non-hydrogen) atoms. The lowest BCUT2D eigenvalue weighted by Crippen LogP contribution is -2.15. The Labute approximate surface area is 105 Å². The van der Waals surface area contributed by atoms with E-state index in [4.69, 9.17) is 0 Å². The van der Waals surface area contributed by atoms with Gasteiger partial charge in [-0.25, -0.2) is 8.78 Å². The van der Waals surface area contributed by atoms with Crippen LogP contribution in [0.2, 0.25) is 0 Å². The molecule has 0 bridgehead atoms. The molecule has 1 N–H and O–H groups in total. The van der Waals surface area contributed by atoms with Crippen LogP contribution < -0.4 is 5.32 Å². The van der Waals surface area contributed by atoms with Crippen molar-refractivity contribution in [1.29, 1.82) is 0 Å². The van der Waals surface area contributed by atoms with Crippen LogP contribution >= 0.6 is 11.8 Å². The lowest BCUT2D eigenvalue weighted by atomic mass is 10.2. The van der Waals surface area contributed by atoms with E-state index >= 15 is 0 Å². The van der Waals surface area contributed by atoms with Crippen LogP contribution in [0.4, 0.5) is 8.78 Å². The topological polar surface area (TPSA) is 12.0 Å². The average Bonchev–Trinajstić information content (AvgIpc) is 3.04. The first kappa shape index (κ1) is 12.8. The molecule has 0 spiro atoms. The van der Waals surface area contributed by atoms with Gasteiger partial charge in [-0.2, -0.15) is 0 Å². The maximum absolute atomic E-state index is 13.7. The molecule has 1 aliphatic rings. The molecular formula is C13H17F2NS. The Morgan fingerprint density at radius 3 is 2.35 bits per heavy atom. The van der Waals surface area contributed by atoms with Crippen LogP contribution in [0.3, 0.4) is 0 Å². The highest BCUT2D eigenvalue weighted by molar-refractivity contribution is 7.99. The van der Waals surface area contributed by atoms with Crippen LogP contribution in [-0.2, 0) is 6.54 Å². The number of hydrogen-bond acceptors (Lipinski definition) is 2. The first-order valence-corrected chi connectivity index (χ1v) is 6.82. The van der Waals surface area contributed by atoms with Crippen molar-refractivity contribution in [3.63, 3.8) is 0 Å². The highest BCUT2D eigenvalue weighted by Gasteiger charge is 2.20. The minimum absolute atomic E-state index is 0.134. The van der Waals surface area contributed by atoms with Gasteiger partial charge in [0.15, 0.2) is 0 Å². The van der Waals surface area contributed by atoms with Gasteiger partial charge in [0.25, 0.3) is 0 Å². The fourth-order valence-corrected chi connectivity index (χ4v) is 2.43. The lowest BCUT2D eigenvalue weighted by Gasteiger charge is -2.10. The molecule has 0 unspecified atom stereocenters. The second-order valence-corrected chi connectivity index (χ2v) is 6.30. The third-order valence-corrected chi connectivity index (χ3v) is 3.68. The smallest absolute Gasteiger partial charge is 0.140 e. The molecule has 0 amide bonds. The van der Waals surface area contributed by atoms with E-state index in [0.29, 0.717) is 18.2 Å². The van der Waals surface area contributed by atoms with E-state index in [1.54, 1.807) is 0 Å². The van der Waals surface area contributed by atoms with Crippen molar-refractivity contribution in [2.75, 3.05) is 0 Å². The highest BCUT2D eigenvalue weighted by atomic mass is 32.2. The quantitative estimate of drug-likeness (QED) is 0.807. The molecule has 1 fully saturated rings. The van der Waals surface area contributed by atoms with Crippen LogP contribution in [0.15, 0.2) is 17.0 Å². The summed E-state index contributed by atoms with van der Waals surface area (Å²) >= 11 is 1.23. The van der Waals surface area contributed by atoms with Crippen LogP contribution in [0, 0.1) is 11.6 Å². The van der Waals surface area contributed by atoms with E-state index in [1.165, 1.54) is 36.7 Å². The van der Waals surface area contributed by atoms with E-state index in [0.717, 1.165) is 0 Å². The summed E-state index contributed by atoms with van der Waals surface area (Å²) in [6, 6.07) is 3.41. The Morgan fingerprint density at radius 1 is 1.29 bits per heavy atom. The highest BCUT2D eigenvalue weighted by Crippen LogP contribution is 2.29. The van der Waals surface area contributed by atoms with Crippen molar-refractivity contribution in [2.45, 2.75) is 49.4 Å². The molecule has 0 aliphatic heterocycles. The van der Waals surface area contributed by atoms with Gasteiger partial charge in [-0.3, -0.25) is 0 Å². The predicted octanol–water partition coefficient (Wildman–Crippen LogP) is 3.72. The molecule has 1 aliphatic carbocycles. The predicted molar refractivity (Wildman–Crippen MR) is 67.2 cm³/mol. The normalized spacial score (nSPS) is 15.6. The van der Waals surface area contributed by atoms with Crippen molar-refractivity contribution >= 4 is 11.8 Å². The van der Waals surface area contributed by atoms with Crippen LogP contribution in [0.25, 0.3) is 0 Å². The second kappa shape index (κ2) is 5.36. The number of hydrogen-bond donors (Lipinski definition) is 1. The minimum atomic E-state index is -0.448. The summed E-state index contributed by atoms with van der Waals surface area (Å²) in [5.41, 5.74) is 0.681. The first-order chi connectivity index (χ1) is 8.06. The zero-order chi connectivity index (χ0) is 12.4. The first-order valence-electron chi connectivity index (χ1n) is 5.94. The minimum Gasteiger partial charge on any atom is -0.310 e. The van der Waals surface area contributed by atoms with Gasteiger partial charge in [0.2, 0.25) is 0 Å². The maximum atomic E-state index is 13.7. The van der Waals surface area contributed by atoms with Gasteiger partial charge in [-0.1, -0.05) is 13.8 Å². The number of thioether (sulfide) groups is 1. The van der Waals surface area contributed by atoms with Gasteiger partial charge >= 0.3 is 0 Å². The van der Waals surface area contributed by atoms with Gasteiger partial charge in [0.05, 0.1) is 4.90 Å². The van der Waals surface area contributed by atoms with Crippen molar-refractivity contribution in [3.8, 4) is 0 Å². The summed E-state index contributed by atoms with van der Waals surface area (Å²) < 4.78 is 27.4. The molecule has 1 aromatic carbocycles. The molecule has 0 atom stereocenters. The molecule has 2 rings (SSSR count). The number of benzene rings is 1. The summed E-state index contributed by atoms with van der Waals surface area (Å²) in [7, 11) is 0. The van der Waals surface area contributed by atoms with E-state index in [9.17, 15) is 8.78 Å². The summed E-state index contributed by atoms with van der Waals surface area (Å²) in [6.45, 7) is 4.39. The standard InChI is InChI=1S/C13H17F2NS/c1-8(2)17-13-11(14)5-9(6-12(13)15)7-16-10-3-4-10/h5-6,8,10,16H,3-4,7H2,1-2H3. The largest absolute Gasteiger partial charge is 0.310 e. The molecule has 0 saturated heterocycles. The molecule has 0 radical (unpaired) electrons. The van der Waals surface area contributed by atoms with Crippen LogP contribution in [0.5, 0.6) is 0 Å². The number of halogens is 2. The van der Waals surface area contributed by atoms with Gasteiger partial charge in [0, 0.05) is 17.8 Å². The van der Waals surface area contributed by atoms with E-state index in [2.05, 4.69) is 5.32 Å². The molecular weight excluding hydrogens is 240 g/mol. The van der Waals surface area contributed by atoms with Crippen molar-refractivity contribution in [3.05, 3.63) is 29.3 Å². The van der Waals surface area contributed by atoms with E-state index in [-0.39, 0.29) is 10.1 Å². The zero-order valence-electron chi connectivity index (χ0n) is 10.1. The lowest BCUT2D eigenvalue weighted by molar-refractivity contribution is 0.533. The molecule has 4 heteroatoms. The van der Waals surface area contributed by atoms with Crippen molar-refractivity contribution in [1.82, 2.24) is 5.32 Å². The molecule has 1 saturated carbocycles. The molecule has 1 aromatic rings. The van der Waals surface area contributed by atoms with Crippen molar-refractivity contribution in [2.24, 2.45) is 0 Å². The van der Waals surface area contributed by atoms with E-state index in [1.807, 2.05) is 13.8 Å². The van der Waals surface area contributed by atoms with Crippen LogP contribution in [0.1, 0.15) is 32.3 Å². The second-order valence-electron chi connectivity index (χ2n) is 4.71. The summed E-state index contributed by atoms with van der Waals surface area (Å²) in [5, 5.41) is 3.42. The van der Waals surface area contributed by atoms with E-state index < -0.39 is 11.6 Å². The van der Waals surface area contributed by atoms with Gasteiger partial charge in [-0.15, -0.1) is 11.8 Å². The van der Waals surface area contributed by atoms with Gasteiger partial charge in [0.1, 0.15) is 11.6 Å². The molecule has 0 aromatic heterocycles. The third kappa shape index (κ3) is 3.68. The fourth-order valence-electron chi connectivity index (χ4n) is 1.61. The SMILES string of the molecule is CC(C)Sc1c(F)cc(CNC2CC2)cc1F. The Bertz CT molecular complexity index is 379. The average molecular weight is 257 g/mol. The molecule has 0 heterocycles.